The smallest absolute Gasteiger partial charge is 0.138 e. The van der Waals surface area contributed by atoms with E-state index >= 15 is 0 Å². The van der Waals surface area contributed by atoms with Crippen LogP contribution in [0, 0.1) is 24.1 Å². The zero-order valence-corrected chi connectivity index (χ0v) is 13.3. The van der Waals surface area contributed by atoms with E-state index in [0.29, 0.717) is 34.6 Å². The minimum absolute atomic E-state index is 0.254. The Balaban J connectivity index is 1.94. The Morgan fingerprint density at radius 1 is 1.00 bits per heavy atom. The van der Waals surface area contributed by atoms with Crippen LogP contribution in [0.25, 0.3) is 11.1 Å². The van der Waals surface area contributed by atoms with Crippen molar-refractivity contribution in [2.45, 2.75) is 13.5 Å². The highest BCUT2D eigenvalue weighted by molar-refractivity contribution is 5.68. The minimum Gasteiger partial charge on any atom is -0.488 e. The van der Waals surface area contributed by atoms with E-state index in [0.717, 1.165) is 5.56 Å². The lowest BCUT2D eigenvalue weighted by Gasteiger charge is -2.11. The molecule has 3 aromatic rings. The zero-order chi connectivity index (χ0) is 16.9. The molecule has 0 N–H and O–H groups in total. The minimum atomic E-state index is -0.254. The van der Waals surface area contributed by atoms with Crippen LogP contribution >= 0.6 is 0 Å². The van der Waals surface area contributed by atoms with Crippen LogP contribution in [0.4, 0.5) is 4.39 Å². The van der Waals surface area contributed by atoms with E-state index in [1.807, 2.05) is 36.4 Å². The molecular weight excluding hydrogens is 301 g/mol. The van der Waals surface area contributed by atoms with E-state index in [9.17, 15) is 9.65 Å². The van der Waals surface area contributed by atoms with Crippen LogP contribution in [0.15, 0.2) is 66.7 Å². The number of nitrogens with zero attached hydrogens (tertiary/aromatic N) is 1. The normalized spacial score (nSPS) is 10.2. The molecule has 3 rings (SSSR count). The Hall–Kier alpha value is -3.12. The van der Waals surface area contributed by atoms with Crippen molar-refractivity contribution < 1.29 is 9.13 Å². The van der Waals surface area contributed by atoms with E-state index in [1.165, 1.54) is 0 Å². The fraction of sp³-hybridized carbons (Fsp3) is 0.0952. The summed E-state index contributed by atoms with van der Waals surface area (Å²) < 4.78 is 20.1. The summed E-state index contributed by atoms with van der Waals surface area (Å²) in [5.41, 5.74) is 3.22. The first kappa shape index (κ1) is 15.8. The van der Waals surface area contributed by atoms with Crippen LogP contribution < -0.4 is 4.74 Å². The third-order valence-electron chi connectivity index (χ3n) is 3.84. The van der Waals surface area contributed by atoms with Crippen molar-refractivity contribution in [1.29, 1.82) is 5.26 Å². The Morgan fingerprint density at radius 3 is 2.54 bits per heavy atom. The van der Waals surface area contributed by atoms with Crippen LogP contribution in [0.3, 0.4) is 0 Å². The summed E-state index contributed by atoms with van der Waals surface area (Å²) in [6.07, 6.45) is 0. The van der Waals surface area contributed by atoms with Gasteiger partial charge >= 0.3 is 0 Å². The maximum absolute atomic E-state index is 14.3. The van der Waals surface area contributed by atoms with Crippen LogP contribution in [-0.4, -0.2) is 0 Å². The molecule has 0 unspecified atom stereocenters. The Bertz CT molecular complexity index is 897. The van der Waals surface area contributed by atoms with Gasteiger partial charge in [0.15, 0.2) is 0 Å². The van der Waals surface area contributed by atoms with E-state index < -0.39 is 0 Å². The first-order valence-corrected chi connectivity index (χ1v) is 7.65. The molecule has 0 amide bonds. The molecule has 0 aliphatic heterocycles. The van der Waals surface area contributed by atoms with E-state index in [1.54, 1.807) is 37.3 Å². The van der Waals surface area contributed by atoms with Crippen molar-refractivity contribution in [3.8, 4) is 22.9 Å². The number of aryl methyl sites for hydroxylation is 1. The molecule has 2 nitrogen and oxygen atoms in total. The molecule has 0 saturated heterocycles. The van der Waals surface area contributed by atoms with Gasteiger partial charge in [-0.05, 0) is 35.7 Å². The lowest BCUT2D eigenvalue weighted by atomic mass is 10.0. The van der Waals surface area contributed by atoms with Crippen molar-refractivity contribution in [2.24, 2.45) is 0 Å². The number of nitriles is 1. The molecule has 0 heterocycles. The molecule has 0 aliphatic carbocycles. The third-order valence-corrected chi connectivity index (χ3v) is 3.84. The SMILES string of the molecule is Cc1cccc(-c2ccc(C#N)c(OCc3ccccc3)c2)c1F. The molecule has 24 heavy (non-hydrogen) atoms. The molecule has 0 radical (unpaired) electrons. The molecular formula is C21H16FNO. The molecule has 0 saturated carbocycles. The fourth-order valence-corrected chi connectivity index (χ4v) is 2.51. The lowest BCUT2D eigenvalue weighted by molar-refractivity contribution is 0.305. The summed E-state index contributed by atoms with van der Waals surface area (Å²) in [6.45, 7) is 2.09. The van der Waals surface area contributed by atoms with Gasteiger partial charge in [0.1, 0.15) is 24.2 Å². The monoisotopic (exact) mass is 317 g/mol. The number of hydrogen-bond acceptors (Lipinski definition) is 2. The van der Waals surface area contributed by atoms with Crippen molar-refractivity contribution in [2.75, 3.05) is 0 Å². The second-order valence-electron chi connectivity index (χ2n) is 5.53. The summed E-state index contributed by atoms with van der Waals surface area (Å²) in [4.78, 5) is 0. The largest absolute Gasteiger partial charge is 0.488 e. The molecule has 3 aromatic carbocycles. The quantitative estimate of drug-likeness (QED) is 0.658. The number of ether oxygens (including phenoxy) is 1. The maximum atomic E-state index is 14.3. The van der Waals surface area contributed by atoms with Gasteiger partial charge in [0, 0.05) is 5.56 Å². The molecule has 0 aromatic heterocycles. The summed E-state index contributed by atoms with van der Waals surface area (Å²) in [5, 5.41) is 9.27. The van der Waals surface area contributed by atoms with Crippen LogP contribution in [0.5, 0.6) is 5.75 Å². The summed E-state index contributed by atoms with van der Waals surface area (Å²) >= 11 is 0. The Morgan fingerprint density at radius 2 is 1.79 bits per heavy atom. The number of rotatable bonds is 4. The number of benzene rings is 3. The third kappa shape index (κ3) is 3.28. The average Bonchev–Trinajstić information content (AvgIpc) is 2.63. The van der Waals surface area contributed by atoms with Gasteiger partial charge in [0.25, 0.3) is 0 Å². The van der Waals surface area contributed by atoms with Crippen LogP contribution in [-0.2, 0) is 6.61 Å². The Kier molecular flexibility index (Phi) is 4.58. The fourth-order valence-electron chi connectivity index (χ4n) is 2.51. The van der Waals surface area contributed by atoms with Crippen LogP contribution in [0.1, 0.15) is 16.7 Å². The maximum Gasteiger partial charge on any atom is 0.138 e. The van der Waals surface area contributed by atoms with Gasteiger partial charge < -0.3 is 4.74 Å². The summed E-state index contributed by atoms with van der Waals surface area (Å²) in [6, 6.07) is 22.2. The average molecular weight is 317 g/mol. The summed E-state index contributed by atoms with van der Waals surface area (Å²) in [5.74, 6) is 0.205. The molecule has 0 atom stereocenters. The van der Waals surface area contributed by atoms with Crippen molar-refractivity contribution >= 4 is 0 Å². The first-order valence-electron chi connectivity index (χ1n) is 7.65. The zero-order valence-electron chi connectivity index (χ0n) is 13.3. The highest BCUT2D eigenvalue weighted by Crippen LogP contribution is 2.30. The van der Waals surface area contributed by atoms with E-state index in [2.05, 4.69) is 6.07 Å². The van der Waals surface area contributed by atoms with Gasteiger partial charge in [-0.1, -0.05) is 54.6 Å². The lowest BCUT2D eigenvalue weighted by Crippen LogP contribution is -1.98. The van der Waals surface area contributed by atoms with E-state index in [-0.39, 0.29) is 5.82 Å². The first-order chi connectivity index (χ1) is 11.7. The van der Waals surface area contributed by atoms with E-state index in [4.69, 9.17) is 4.74 Å². The Labute approximate surface area is 140 Å². The highest BCUT2D eigenvalue weighted by Gasteiger charge is 2.11. The molecule has 118 valence electrons. The number of halogens is 1. The van der Waals surface area contributed by atoms with Crippen LogP contribution in [0.2, 0.25) is 0 Å². The molecule has 0 fully saturated rings. The van der Waals surface area contributed by atoms with Gasteiger partial charge in [0.2, 0.25) is 0 Å². The van der Waals surface area contributed by atoms with Gasteiger partial charge in [-0.3, -0.25) is 0 Å². The number of hydrogen-bond donors (Lipinski definition) is 0. The van der Waals surface area contributed by atoms with Gasteiger partial charge in [-0.25, -0.2) is 4.39 Å². The van der Waals surface area contributed by atoms with Crippen molar-refractivity contribution in [3.63, 3.8) is 0 Å². The van der Waals surface area contributed by atoms with Crippen molar-refractivity contribution in [1.82, 2.24) is 0 Å². The highest BCUT2D eigenvalue weighted by atomic mass is 19.1. The molecule has 0 spiro atoms. The standard InChI is InChI=1S/C21H16FNO/c1-15-6-5-9-19(21(15)22)17-10-11-18(13-23)20(12-17)24-14-16-7-3-2-4-8-16/h2-12H,14H2,1H3. The predicted molar refractivity (Wildman–Crippen MR) is 92.1 cm³/mol. The molecule has 0 aliphatic rings. The summed E-state index contributed by atoms with van der Waals surface area (Å²) in [7, 11) is 0. The molecule has 3 heteroatoms. The van der Waals surface area contributed by atoms with Gasteiger partial charge in [0.05, 0.1) is 5.56 Å². The van der Waals surface area contributed by atoms with Gasteiger partial charge in [-0.2, -0.15) is 5.26 Å². The second-order valence-corrected chi connectivity index (χ2v) is 5.53. The van der Waals surface area contributed by atoms with Gasteiger partial charge in [-0.15, -0.1) is 0 Å². The second kappa shape index (κ2) is 6.97. The van der Waals surface area contributed by atoms with Crippen molar-refractivity contribution in [3.05, 3.63) is 89.2 Å². The predicted octanol–water partition coefficient (Wildman–Crippen LogP) is 5.25. The molecule has 0 bridgehead atoms. The topological polar surface area (TPSA) is 33.0 Å².